The molecular formula is C12H10BrClN2O2S. The van der Waals surface area contributed by atoms with Crippen LogP contribution in [-0.2, 0) is 0 Å². The minimum Gasteiger partial charge on any atom is -0.497 e. The maximum Gasteiger partial charge on any atom is 0.224 e. The van der Waals surface area contributed by atoms with Crippen molar-refractivity contribution in [3.8, 4) is 17.4 Å². The Morgan fingerprint density at radius 1 is 1.26 bits per heavy atom. The Bertz CT molecular complexity index is 598. The van der Waals surface area contributed by atoms with Crippen molar-refractivity contribution in [1.82, 2.24) is 9.97 Å². The van der Waals surface area contributed by atoms with Crippen molar-refractivity contribution in [1.29, 1.82) is 0 Å². The molecule has 2 aromatic rings. The van der Waals surface area contributed by atoms with Crippen molar-refractivity contribution in [2.45, 2.75) is 5.16 Å². The maximum absolute atomic E-state index is 5.91. The third kappa shape index (κ3) is 3.75. The quantitative estimate of drug-likeness (QED) is 0.458. The monoisotopic (exact) mass is 360 g/mol. The van der Waals surface area contributed by atoms with Crippen LogP contribution in [0.1, 0.15) is 0 Å². The Hall–Kier alpha value is -0.980. The van der Waals surface area contributed by atoms with Crippen LogP contribution in [0.2, 0.25) is 5.15 Å². The van der Waals surface area contributed by atoms with Crippen molar-refractivity contribution in [3.05, 3.63) is 33.9 Å². The van der Waals surface area contributed by atoms with Gasteiger partial charge in [-0.3, -0.25) is 0 Å². The van der Waals surface area contributed by atoms with Gasteiger partial charge >= 0.3 is 0 Å². The van der Waals surface area contributed by atoms with E-state index >= 15 is 0 Å². The molecule has 100 valence electrons. The van der Waals surface area contributed by atoms with Crippen LogP contribution in [0.5, 0.6) is 17.4 Å². The summed E-state index contributed by atoms with van der Waals surface area (Å²) in [5.74, 6) is 1.77. The summed E-state index contributed by atoms with van der Waals surface area (Å²) in [4.78, 5) is 8.27. The van der Waals surface area contributed by atoms with Gasteiger partial charge in [-0.2, -0.15) is 4.98 Å². The van der Waals surface area contributed by atoms with E-state index in [0.717, 1.165) is 10.2 Å². The standard InChI is InChI=1S/C12H10BrClN2O2S/c1-17-7-3-4-9(8(13)5-7)18-11-6-10(14)15-12(16-11)19-2/h3-6H,1-2H3. The minimum absolute atomic E-state index is 0.346. The van der Waals surface area contributed by atoms with Crippen molar-refractivity contribution in [2.75, 3.05) is 13.4 Å². The van der Waals surface area contributed by atoms with Gasteiger partial charge in [-0.25, -0.2) is 4.98 Å². The van der Waals surface area contributed by atoms with Crippen LogP contribution in [-0.4, -0.2) is 23.3 Å². The van der Waals surface area contributed by atoms with Crippen LogP contribution in [0, 0.1) is 0 Å². The van der Waals surface area contributed by atoms with E-state index < -0.39 is 0 Å². The van der Waals surface area contributed by atoms with Crippen molar-refractivity contribution in [2.24, 2.45) is 0 Å². The first-order chi connectivity index (χ1) is 9.12. The van der Waals surface area contributed by atoms with E-state index in [9.17, 15) is 0 Å². The smallest absolute Gasteiger partial charge is 0.224 e. The Morgan fingerprint density at radius 3 is 2.68 bits per heavy atom. The van der Waals surface area contributed by atoms with Crippen LogP contribution in [0.25, 0.3) is 0 Å². The summed E-state index contributed by atoms with van der Waals surface area (Å²) in [5.41, 5.74) is 0. The SMILES string of the molecule is COc1ccc(Oc2cc(Cl)nc(SC)n2)c(Br)c1. The van der Waals surface area contributed by atoms with E-state index in [1.807, 2.05) is 12.3 Å². The molecule has 1 heterocycles. The van der Waals surface area contributed by atoms with Gasteiger partial charge in [0, 0.05) is 6.07 Å². The Kier molecular flexibility index (Phi) is 4.90. The van der Waals surface area contributed by atoms with Gasteiger partial charge in [-0.1, -0.05) is 23.4 Å². The molecule has 0 spiro atoms. The zero-order valence-corrected chi connectivity index (χ0v) is 13.3. The number of hydrogen-bond donors (Lipinski definition) is 0. The molecular weight excluding hydrogens is 352 g/mol. The van der Waals surface area contributed by atoms with E-state index in [0.29, 0.717) is 21.9 Å². The predicted octanol–water partition coefficient (Wildman–Crippen LogP) is 4.42. The average molecular weight is 362 g/mol. The number of aromatic nitrogens is 2. The van der Waals surface area contributed by atoms with Gasteiger partial charge in [0.15, 0.2) is 5.16 Å². The van der Waals surface area contributed by atoms with Gasteiger partial charge in [0.1, 0.15) is 16.7 Å². The molecule has 0 amide bonds. The summed E-state index contributed by atoms with van der Waals surface area (Å²) in [7, 11) is 1.61. The lowest BCUT2D eigenvalue weighted by Gasteiger charge is -2.09. The fourth-order valence-corrected chi connectivity index (χ4v) is 2.36. The lowest BCUT2D eigenvalue weighted by Crippen LogP contribution is -1.93. The summed E-state index contributed by atoms with van der Waals surface area (Å²) in [5, 5.41) is 0.908. The van der Waals surface area contributed by atoms with Crippen LogP contribution in [0.3, 0.4) is 0 Å². The molecule has 1 aromatic heterocycles. The molecule has 0 N–H and O–H groups in total. The second-order valence-electron chi connectivity index (χ2n) is 3.41. The fourth-order valence-electron chi connectivity index (χ4n) is 1.32. The van der Waals surface area contributed by atoms with Crippen molar-refractivity contribution in [3.63, 3.8) is 0 Å². The summed E-state index contributed by atoms with van der Waals surface area (Å²) in [6.07, 6.45) is 1.87. The van der Waals surface area contributed by atoms with Crippen molar-refractivity contribution >= 4 is 39.3 Å². The molecule has 0 aliphatic carbocycles. The fraction of sp³-hybridized carbons (Fsp3) is 0.167. The molecule has 0 radical (unpaired) electrons. The topological polar surface area (TPSA) is 44.2 Å². The number of nitrogens with zero attached hydrogens (tertiary/aromatic N) is 2. The zero-order valence-electron chi connectivity index (χ0n) is 10.2. The molecule has 19 heavy (non-hydrogen) atoms. The molecule has 0 fully saturated rings. The van der Waals surface area contributed by atoms with E-state index in [-0.39, 0.29) is 0 Å². The average Bonchev–Trinajstić information content (AvgIpc) is 2.40. The number of halogens is 2. The van der Waals surface area contributed by atoms with Gasteiger partial charge in [0.25, 0.3) is 0 Å². The molecule has 0 bridgehead atoms. The number of hydrogen-bond acceptors (Lipinski definition) is 5. The third-order valence-corrected chi connectivity index (χ3v) is 3.55. The van der Waals surface area contributed by atoms with Crippen LogP contribution in [0.4, 0.5) is 0 Å². The number of methoxy groups -OCH3 is 1. The van der Waals surface area contributed by atoms with Gasteiger partial charge in [0.05, 0.1) is 11.6 Å². The second-order valence-corrected chi connectivity index (χ2v) is 5.43. The lowest BCUT2D eigenvalue weighted by atomic mass is 10.3. The molecule has 7 heteroatoms. The van der Waals surface area contributed by atoms with Gasteiger partial charge < -0.3 is 9.47 Å². The Labute approximate surface area is 128 Å². The van der Waals surface area contributed by atoms with Crippen LogP contribution >= 0.6 is 39.3 Å². The van der Waals surface area contributed by atoms with Crippen LogP contribution in [0.15, 0.2) is 33.9 Å². The summed E-state index contributed by atoms with van der Waals surface area (Å²) < 4.78 is 11.6. The largest absolute Gasteiger partial charge is 0.497 e. The van der Waals surface area contributed by atoms with E-state index in [4.69, 9.17) is 21.1 Å². The normalized spacial score (nSPS) is 10.3. The first-order valence-corrected chi connectivity index (χ1v) is 7.62. The number of rotatable bonds is 4. The number of thioether (sulfide) groups is 1. The molecule has 0 aliphatic heterocycles. The predicted molar refractivity (Wildman–Crippen MR) is 79.6 cm³/mol. The highest BCUT2D eigenvalue weighted by Crippen LogP contribution is 2.33. The second kappa shape index (κ2) is 6.45. The number of benzene rings is 1. The van der Waals surface area contributed by atoms with Gasteiger partial charge in [0.2, 0.25) is 5.88 Å². The first kappa shape index (κ1) is 14.4. The minimum atomic E-state index is 0.346. The highest BCUT2D eigenvalue weighted by Gasteiger charge is 2.08. The molecule has 2 rings (SSSR count). The van der Waals surface area contributed by atoms with E-state index in [1.54, 1.807) is 25.3 Å². The molecule has 0 aliphatic rings. The maximum atomic E-state index is 5.91. The van der Waals surface area contributed by atoms with Gasteiger partial charge in [-0.15, -0.1) is 0 Å². The summed E-state index contributed by atoms with van der Waals surface area (Å²) in [6, 6.07) is 6.97. The summed E-state index contributed by atoms with van der Waals surface area (Å²) >= 11 is 10.7. The van der Waals surface area contributed by atoms with E-state index in [2.05, 4.69) is 25.9 Å². The molecule has 0 saturated carbocycles. The number of ether oxygens (including phenoxy) is 2. The lowest BCUT2D eigenvalue weighted by molar-refractivity contribution is 0.411. The van der Waals surface area contributed by atoms with Crippen molar-refractivity contribution < 1.29 is 9.47 Å². The van der Waals surface area contributed by atoms with Crippen LogP contribution < -0.4 is 9.47 Å². The molecule has 0 atom stereocenters. The molecule has 1 aromatic carbocycles. The third-order valence-electron chi connectivity index (χ3n) is 2.19. The Balaban J connectivity index is 2.28. The zero-order chi connectivity index (χ0) is 13.8. The summed E-state index contributed by atoms with van der Waals surface area (Å²) in [6.45, 7) is 0. The first-order valence-electron chi connectivity index (χ1n) is 5.22. The highest BCUT2D eigenvalue weighted by molar-refractivity contribution is 9.10. The van der Waals surface area contributed by atoms with E-state index in [1.165, 1.54) is 11.8 Å². The van der Waals surface area contributed by atoms with Gasteiger partial charge in [-0.05, 0) is 40.4 Å². The molecule has 0 saturated heterocycles. The molecule has 0 unspecified atom stereocenters. The molecule has 4 nitrogen and oxygen atoms in total. The highest BCUT2D eigenvalue weighted by atomic mass is 79.9. The Morgan fingerprint density at radius 2 is 2.05 bits per heavy atom.